The number of nitrogens with one attached hydrogen (secondary N) is 1. The van der Waals surface area contributed by atoms with Gasteiger partial charge in [0.1, 0.15) is 0 Å². The van der Waals surface area contributed by atoms with Gasteiger partial charge in [0.25, 0.3) is 0 Å². The fourth-order valence-electron chi connectivity index (χ4n) is 3.68. The minimum Gasteiger partial charge on any atom is -0.481 e. The zero-order valence-electron chi connectivity index (χ0n) is 12.0. The van der Waals surface area contributed by atoms with Crippen LogP contribution >= 0.6 is 0 Å². The van der Waals surface area contributed by atoms with Gasteiger partial charge < -0.3 is 15.5 Å². The third kappa shape index (κ3) is 3.72. The Morgan fingerprint density at radius 2 is 1.85 bits per heavy atom. The molecule has 5 nitrogen and oxygen atoms in total. The molecule has 5 atom stereocenters. The fraction of sp³-hybridized carbons (Fsp3) is 0.867. The topological polar surface area (TPSA) is 86.6 Å². The highest BCUT2D eigenvalue weighted by Crippen LogP contribution is 2.36. The van der Waals surface area contributed by atoms with Crippen LogP contribution in [-0.4, -0.2) is 34.7 Å². The van der Waals surface area contributed by atoms with Crippen molar-refractivity contribution in [2.75, 3.05) is 6.54 Å². The second kappa shape index (κ2) is 6.57. The zero-order chi connectivity index (χ0) is 14.7. The molecule has 2 aliphatic carbocycles. The number of hydrogen-bond donors (Lipinski definition) is 3. The summed E-state index contributed by atoms with van der Waals surface area (Å²) in [6.07, 6.45) is 4.63. The molecule has 0 aromatic rings. The molecule has 1 amide bonds. The number of aliphatic hydroxyl groups is 1. The smallest absolute Gasteiger partial charge is 0.307 e. The SMILES string of the molecule is CC1C[C@H](C(=O)NCC2CCCC(O)C2)[C@H](C(=O)O)C1. The van der Waals surface area contributed by atoms with Crippen LogP contribution in [0.2, 0.25) is 0 Å². The summed E-state index contributed by atoms with van der Waals surface area (Å²) < 4.78 is 0. The van der Waals surface area contributed by atoms with Gasteiger partial charge in [-0.3, -0.25) is 9.59 Å². The number of rotatable bonds is 4. The van der Waals surface area contributed by atoms with Crippen LogP contribution in [-0.2, 0) is 9.59 Å². The Balaban J connectivity index is 1.83. The number of carboxylic acid groups (broad SMARTS) is 1. The Kier molecular flexibility index (Phi) is 5.02. The summed E-state index contributed by atoms with van der Waals surface area (Å²) in [4.78, 5) is 23.4. The van der Waals surface area contributed by atoms with E-state index in [4.69, 9.17) is 0 Å². The van der Waals surface area contributed by atoms with E-state index in [1.54, 1.807) is 0 Å². The molecule has 2 aliphatic rings. The quantitative estimate of drug-likeness (QED) is 0.728. The molecule has 0 heterocycles. The lowest BCUT2D eigenvalue weighted by Crippen LogP contribution is -2.39. The lowest BCUT2D eigenvalue weighted by atomic mass is 9.87. The molecule has 0 radical (unpaired) electrons. The van der Waals surface area contributed by atoms with E-state index in [1.807, 2.05) is 6.92 Å². The van der Waals surface area contributed by atoms with Gasteiger partial charge in [-0.15, -0.1) is 0 Å². The minimum absolute atomic E-state index is 0.123. The van der Waals surface area contributed by atoms with E-state index in [-0.39, 0.29) is 12.0 Å². The number of carbonyl (C=O) groups is 2. The third-order valence-electron chi connectivity index (χ3n) is 4.77. The highest BCUT2D eigenvalue weighted by atomic mass is 16.4. The molecule has 0 bridgehead atoms. The lowest BCUT2D eigenvalue weighted by Gasteiger charge is -2.26. The summed E-state index contributed by atoms with van der Waals surface area (Å²) in [6, 6.07) is 0. The lowest BCUT2D eigenvalue weighted by molar-refractivity contribution is -0.146. The maximum absolute atomic E-state index is 12.2. The number of amides is 1. The number of aliphatic carboxylic acids is 1. The van der Waals surface area contributed by atoms with E-state index < -0.39 is 17.8 Å². The maximum Gasteiger partial charge on any atom is 0.307 e. The molecule has 0 aliphatic heterocycles. The Labute approximate surface area is 119 Å². The second-order valence-electron chi connectivity index (χ2n) is 6.56. The number of aliphatic hydroxyl groups excluding tert-OH is 1. The van der Waals surface area contributed by atoms with Crippen molar-refractivity contribution in [1.29, 1.82) is 0 Å². The van der Waals surface area contributed by atoms with Gasteiger partial charge in [0.2, 0.25) is 5.91 Å². The van der Waals surface area contributed by atoms with E-state index in [0.29, 0.717) is 31.2 Å². The molecule has 2 rings (SSSR count). The average Bonchev–Trinajstić information content (AvgIpc) is 2.78. The van der Waals surface area contributed by atoms with Crippen LogP contribution in [0.5, 0.6) is 0 Å². The van der Waals surface area contributed by atoms with E-state index in [2.05, 4.69) is 5.32 Å². The second-order valence-corrected chi connectivity index (χ2v) is 6.56. The van der Waals surface area contributed by atoms with Gasteiger partial charge in [-0.05, 0) is 43.9 Å². The number of carbonyl (C=O) groups excluding carboxylic acids is 1. The Morgan fingerprint density at radius 1 is 1.15 bits per heavy atom. The van der Waals surface area contributed by atoms with Crippen molar-refractivity contribution in [2.24, 2.45) is 23.7 Å². The molecule has 3 unspecified atom stereocenters. The molecule has 3 N–H and O–H groups in total. The predicted octanol–water partition coefficient (Wildman–Crippen LogP) is 1.40. The summed E-state index contributed by atoms with van der Waals surface area (Å²) >= 11 is 0. The predicted molar refractivity (Wildman–Crippen MR) is 74.0 cm³/mol. The molecule has 0 saturated heterocycles. The molecule has 5 heteroatoms. The molecular weight excluding hydrogens is 258 g/mol. The van der Waals surface area contributed by atoms with Gasteiger partial charge in [-0.25, -0.2) is 0 Å². The van der Waals surface area contributed by atoms with Gasteiger partial charge >= 0.3 is 5.97 Å². The van der Waals surface area contributed by atoms with Crippen molar-refractivity contribution < 1.29 is 19.8 Å². The summed E-state index contributed by atoms with van der Waals surface area (Å²) in [5.41, 5.74) is 0. The highest BCUT2D eigenvalue weighted by Gasteiger charge is 2.41. The molecular formula is C15H25NO4. The summed E-state index contributed by atoms with van der Waals surface area (Å²) in [5, 5.41) is 21.7. The molecule has 2 saturated carbocycles. The van der Waals surface area contributed by atoms with Gasteiger partial charge in [-0.2, -0.15) is 0 Å². The summed E-state index contributed by atoms with van der Waals surface area (Å²) in [6.45, 7) is 2.56. The van der Waals surface area contributed by atoms with E-state index in [0.717, 1.165) is 25.7 Å². The molecule has 114 valence electrons. The van der Waals surface area contributed by atoms with Gasteiger partial charge in [0, 0.05) is 6.54 Å². The monoisotopic (exact) mass is 283 g/mol. The van der Waals surface area contributed by atoms with Crippen LogP contribution in [0.3, 0.4) is 0 Å². The summed E-state index contributed by atoms with van der Waals surface area (Å²) in [7, 11) is 0. The van der Waals surface area contributed by atoms with Crippen molar-refractivity contribution in [3.63, 3.8) is 0 Å². The molecule has 2 fully saturated rings. The molecule has 0 aromatic carbocycles. The highest BCUT2D eigenvalue weighted by molar-refractivity contribution is 5.85. The van der Waals surface area contributed by atoms with Crippen LogP contribution in [0.1, 0.15) is 45.4 Å². The van der Waals surface area contributed by atoms with E-state index >= 15 is 0 Å². The minimum atomic E-state index is -0.859. The van der Waals surface area contributed by atoms with E-state index in [9.17, 15) is 19.8 Å². The first kappa shape index (κ1) is 15.3. The molecule has 0 aromatic heterocycles. The summed E-state index contributed by atoms with van der Waals surface area (Å²) in [5.74, 6) is -1.30. The normalized spacial score (nSPS) is 37.6. The zero-order valence-corrected chi connectivity index (χ0v) is 12.0. The number of carboxylic acids is 1. The first-order chi connectivity index (χ1) is 9.47. The van der Waals surface area contributed by atoms with Gasteiger partial charge in [-0.1, -0.05) is 13.3 Å². The van der Waals surface area contributed by atoms with Crippen LogP contribution in [0.4, 0.5) is 0 Å². The standard InChI is InChI=1S/C15H25NO4/c1-9-5-12(13(6-9)15(19)20)14(18)16-8-10-3-2-4-11(17)7-10/h9-13,17H,2-8H2,1H3,(H,16,18)(H,19,20)/t9?,10?,11?,12-,13+/m0/s1. The third-order valence-corrected chi connectivity index (χ3v) is 4.77. The van der Waals surface area contributed by atoms with Crippen molar-refractivity contribution in [3.8, 4) is 0 Å². The van der Waals surface area contributed by atoms with Crippen molar-refractivity contribution >= 4 is 11.9 Å². The van der Waals surface area contributed by atoms with Crippen LogP contribution < -0.4 is 5.32 Å². The van der Waals surface area contributed by atoms with Crippen LogP contribution in [0.15, 0.2) is 0 Å². The Hall–Kier alpha value is -1.10. The van der Waals surface area contributed by atoms with Crippen molar-refractivity contribution in [1.82, 2.24) is 5.32 Å². The molecule has 20 heavy (non-hydrogen) atoms. The fourth-order valence-corrected chi connectivity index (χ4v) is 3.68. The first-order valence-corrected chi connectivity index (χ1v) is 7.66. The largest absolute Gasteiger partial charge is 0.481 e. The average molecular weight is 283 g/mol. The Morgan fingerprint density at radius 3 is 2.50 bits per heavy atom. The van der Waals surface area contributed by atoms with Crippen molar-refractivity contribution in [3.05, 3.63) is 0 Å². The maximum atomic E-state index is 12.2. The van der Waals surface area contributed by atoms with Crippen LogP contribution in [0.25, 0.3) is 0 Å². The Bertz CT molecular complexity index is 371. The van der Waals surface area contributed by atoms with Gasteiger partial charge in [0.15, 0.2) is 0 Å². The first-order valence-electron chi connectivity index (χ1n) is 7.66. The van der Waals surface area contributed by atoms with E-state index in [1.165, 1.54) is 0 Å². The van der Waals surface area contributed by atoms with Crippen molar-refractivity contribution in [2.45, 2.75) is 51.6 Å². The molecule has 0 spiro atoms. The van der Waals surface area contributed by atoms with Gasteiger partial charge in [0.05, 0.1) is 17.9 Å². The number of hydrogen-bond acceptors (Lipinski definition) is 3. The van der Waals surface area contributed by atoms with Crippen LogP contribution in [0, 0.1) is 23.7 Å².